The fourth-order valence-corrected chi connectivity index (χ4v) is 2.10. The number of aromatic nitrogens is 4. The first-order valence-electron chi connectivity index (χ1n) is 7.47. The van der Waals surface area contributed by atoms with Crippen LogP contribution in [0.3, 0.4) is 0 Å². The van der Waals surface area contributed by atoms with Crippen molar-refractivity contribution in [1.82, 2.24) is 19.7 Å². The van der Waals surface area contributed by atoms with Crippen molar-refractivity contribution in [3.63, 3.8) is 0 Å². The average molecular weight is 288 g/mol. The van der Waals surface area contributed by atoms with Crippen LogP contribution in [0, 0.1) is 6.92 Å². The van der Waals surface area contributed by atoms with Gasteiger partial charge in [-0.2, -0.15) is 5.10 Å². The molecule has 0 spiro atoms. The number of hydrogen-bond donors (Lipinski definition) is 2. The lowest BCUT2D eigenvalue weighted by atomic mass is 10.2. The Labute approximate surface area is 126 Å². The van der Waals surface area contributed by atoms with Crippen LogP contribution in [0.1, 0.15) is 37.4 Å². The molecule has 0 saturated heterocycles. The number of rotatable bonds is 7. The molecule has 6 nitrogen and oxygen atoms in total. The van der Waals surface area contributed by atoms with E-state index in [0.717, 1.165) is 42.5 Å². The van der Waals surface area contributed by atoms with Gasteiger partial charge in [-0.1, -0.05) is 6.92 Å². The molecule has 2 aromatic rings. The van der Waals surface area contributed by atoms with Crippen molar-refractivity contribution in [3.05, 3.63) is 29.3 Å². The van der Waals surface area contributed by atoms with Gasteiger partial charge in [0.15, 0.2) is 0 Å². The molecule has 0 aliphatic carbocycles. The lowest BCUT2D eigenvalue weighted by Gasteiger charge is -2.10. The molecule has 0 amide bonds. The van der Waals surface area contributed by atoms with E-state index in [4.69, 9.17) is 0 Å². The van der Waals surface area contributed by atoms with Gasteiger partial charge in [-0.05, 0) is 20.3 Å². The first kappa shape index (κ1) is 15.3. The molecule has 2 rings (SSSR count). The predicted molar refractivity (Wildman–Crippen MR) is 85.5 cm³/mol. The monoisotopic (exact) mass is 288 g/mol. The maximum atomic E-state index is 4.57. The molecule has 0 fully saturated rings. The summed E-state index contributed by atoms with van der Waals surface area (Å²) < 4.78 is 1.88. The van der Waals surface area contributed by atoms with Crippen molar-refractivity contribution in [2.24, 2.45) is 7.05 Å². The Hall–Kier alpha value is -2.11. The van der Waals surface area contributed by atoms with Gasteiger partial charge in [0.1, 0.15) is 17.5 Å². The molecule has 0 radical (unpaired) electrons. The Morgan fingerprint density at radius 3 is 2.43 bits per heavy atom. The summed E-state index contributed by atoms with van der Waals surface area (Å²) in [7, 11) is 1.95. The number of anilines is 2. The molecule has 0 aliphatic heterocycles. The van der Waals surface area contributed by atoms with Crippen LogP contribution < -0.4 is 10.6 Å². The van der Waals surface area contributed by atoms with Crippen molar-refractivity contribution in [2.75, 3.05) is 17.2 Å². The summed E-state index contributed by atoms with van der Waals surface area (Å²) in [5.74, 6) is 2.61. The van der Waals surface area contributed by atoms with Crippen molar-refractivity contribution in [3.8, 4) is 0 Å². The standard InChI is InChI=1S/C15H24N6/c1-5-7-13-19-14(16-6-2)8-15(20-13)17-9-12-10-18-21(4)11(12)3/h8,10H,5-7,9H2,1-4H3,(H2,16,17,19,20). The molecule has 0 bridgehead atoms. The fourth-order valence-electron chi connectivity index (χ4n) is 2.10. The Morgan fingerprint density at radius 2 is 1.86 bits per heavy atom. The van der Waals surface area contributed by atoms with Gasteiger partial charge < -0.3 is 10.6 Å². The zero-order chi connectivity index (χ0) is 15.2. The minimum atomic E-state index is 0.716. The van der Waals surface area contributed by atoms with Crippen LogP contribution in [0.25, 0.3) is 0 Å². The van der Waals surface area contributed by atoms with Crippen molar-refractivity contribution in [2.45, 2.75) is 40.2 Å². The SMILES string of the molecule is CCCc1nc(NCC)cc(NCc2cnn(C)c2C)n1. The van der Waals surface area contributed by atoms with E-state index in [9.17, 15) is 0 Å². The molecule has 2 N–H and O–H groups in total. The predicted octanol–water partition coefficient (Wildman–Crippen LogP) is 2.51. The summed E-state index contributed by atoms with van der Waals surface area (Å²) in [5, 5.41) is 10.9. The summed E-state index contributed by atoms with van der Waals surface area (Å²) in [6.07, 6.45) is 3.82. The van der Waals surface area contributed by atoms with Crippen LogP contribution in [-0.2, 0) is 20.0 Å². The van der Waals surface area contributed by atoms with Gasteiger partial charge in [0, 0.05) is 43.9 Å². The van der Waals surface area contributed by atoms with Crippen LogP contribution in [0.2, 0.25) is 0 Å². The molecular formula is C15H24N6. The van der Waals surface area contributed by atoms with Crippen LogP contribution in [0.4, 0.5) is 11.6 Å². The summed E-state index contributed by atoms with van der Waals surface area (Å²) in [4.78, 5) is 9.08. The van der Waals surface area contributed by atoms with E-state index in [1.165, 1.54) is 5.56 Å². The summed E-state index contributed by atoms with van der Waals surface area (Å²) in [5.41, 5.74) is 2.34. The van der Waals surface area contributed by atoms with E-state index in [1.54, 1.807) is 0 Å². The number of nitrogens with zero attached hydrogens (tertiary/aromatic N) is 4. The van der Waals surface area contributed by atoms with Crippen molar-refractivity contribution < 1.29 is 0 Å². The normalized spacial score (nSPS) is 10.7. The number of nitrogens with one attached hydrogen (secondary N) is 2. The van der Waals surface area contributed by atoms with Gasteiger partial charge in [-0.25, -0.2) is 9.97 Å². The zero-order valence-electron chi connectivity index (χ0n) is 13.3. The Morgan fingerprint density at radius 1 is 1.14 bits per heavy atom. The molecule has 0 aliphatic rings. The summed E-state index contributed by atoms with van der Waals surface area (Å²) in [6.45, 7) is 7.83. The summed E-state index contributed by atoms with van der Waals surface area (Å²) >= 11 is 0. The van der Waals surface area contributed by atoms with Gasteiger partial charge >= 0.3 is 0 Å². The third-order valence-corrected chi connectivity index (χ3v) is 3.40. The highest BCUT2D eigenvalue weighted by molar-refractivity contribution is 5.48. The van der Waals surface area contributed by atoms with Gasteiger partial charge in [0.05, 0.1) is 6.20 Å². The number of hydrogen-bond acceptors (Lipinski definition) is 5. The first-order valence-corrected chi connectivity index (χ1v) is 7.47. The van der Waals surface area contributed by atoms with Gasteiger partial charge in [-0.3, -0.25) is 4.68 Å². The molecule has 2 heterocycles. The van der Waals surface area contributed by atoms with Crippen LogP contribution in [0.5, 0.6) is 0 Å². The lowest BCUT2D eigenvalue weighted by molar-refractivity contribution is 0.738. The van der Waals surface area contributed by atoms with E-state index in [1.807, 2.05) is 24.0 Å². The summed E-state index contributed by atoms with van der Waals surface area (Å²) in [6, 6.07) is 1.95. The zero-order valence-corrected chi connectivity index (χ0v) is 13.3. The van der Waals surface area contributed by atoms with E-state index in [-0.39, 0.29) is 0 Å². The maximum Gasteiger partial charge on any atom is 0.133 e. The second-order valence-corrected chi connectivity index (χ2v) is 5.07. The van der Waals surface area contributed by atoms with E-state index < -0.39 is 0 Å². The Balaban J connectivity index is 2.12. The minimum Gasteiger partial charge on any atom is -0.370 e. The molecule has 6 heteroatoms. The molecule has 0 unspecified atom stereocenters. The minimum absolute atomic E-state index is 0.716. The molecule has 21 heavy (non-hydrogen) atoms. The number of aryl methyl sites for hydroxylation is 2. The smallest absolute Gasteiger partial charge is 0.133 e. The van der Waals surface area contributed by atoms with Crippen LogP contribution in [0.15, 0.2) is 12.3 Å². The largest absolute Gasteiger partial charge is 0.370 e. The van der Waals surface area contributed by atoms with Gasteiger partial charge in [-0.15, -0.1) is 0 Å². The Kier molecular flexibility index (Phi) is 5.14. The highest BCUT2D eigenvalue weighted by Gasteiger charge is 2.06. The molecule has 2 aromatic heterocycles. The maximum absolute atomic E-state index is 4.57. The van der Waals surface area contributed by atoms with E-state index in [2.05, 4.69) is 46.5 Å². The molecular weight excluding hydrogens is 264 g/mol. The fraction of sp³-hybridized carbons (Fsp3) is 0.533. The van der Waals surface area contributed by atoms with Crippen LogP contribution >= 0.6 is 0 Å². The van der Waals surface area contributed by atoms with E-state index >= 15 is 0 Å². The molecule has 0 aromatic carbocycles. The highest BCUT2D eigenvalue weighted by Crippen LogP contribution is 2.14. The second-order valence-electron chi connectivity index (χ2n) is 5.07. The van der Waals surface area contributed by atoms with E-state index in [0.29, 0.717) is 6.54 Å². The quantitative estimate of drug-likeness (QED) is 0.819. The third kappa shape index (κ3) is 3.93. The third-order valence-electron chi connectivity index (χ3n) is 3.40. The van der Waals surface area contributed by atoms with Gasteiger partial charge in [0.2, 0.25) is 0 Å². The molecule has 0 atom stereocenters. The van der Waals surface area contributed by atoms with Crippen LogP contribution in [-0.4, -0.2) is 26.3 Å². The van der Waals surface area contributed by atoms with Gasteiger partial charge in [0.25, 0.3) is 0 Å². The lowest BCUT2D eigenvalue weighted by Crippen LogP contribution is -2.08. The average Bonchev–Trinajstić information content (AvgIpc) is 2.77. The molecule has 0 saturated carbocycles. The topological polar surface area (TPSA) is 67.7 Å². The highest BCUT2D eigenvalue weighted by atomic mass is 15.3. The Bertz CT molecular complexity index is 566. The molecule has 114 valence electrons. The van der Waals surface area contributed by atoms with Crippen molar-refractivity contribution in [1.29, 1.82) is 0 Å². The second kappa shape index (κ2) is 7.06. The first-order chi connectivity index (χ1) is 10.1. The van der Waals surface area contributed by atoms with Crippen molar-refractivity contribution >= 4 is 11.6 Å².